The summed E-state index contributed by atoms with van der Waals surface area (Å²) in [6.45, 7) is 0.536. The Morgan fingerprint density at radius 2 is 2.12 bits per heavy atom. The number of nitrogens with two attached hydrogens (primary N) is 1. The molecule has 0 unspecified atom stereocenters. The van der Waals surface area contributed by atoms with E-state index in [9.17, 15) is 4.79 Å². The summed E-state index contributed by atoms with van der Waals surface area (Å²) in [5.74, 6) is -0.938. The van der Waals surface area contributed by atoms with Crippen molar-refractivity contribution < 1.29 is 9.90 Å². The fourth-order valence-corrected chi connectivity index (χ4v) is 2.23. The SMILES string of the molecule is Nc1ccsc1CNc1ccccc1C(=O)O. The molecule has 17 heavy (non-hydrogen) atoms. The standard InChI is InChI=1S/C12H12N2O2S/c13-9-5-6-17-11(9)7-14-10-4-2-1-3-8(10)12(15)16/h1-6,14H,7,13H2,(H,15,16). The van der Waals surface area contributed by atoms with Crippen molar-refractivity contribution in [1.82, 2.24) is 0 Å². The Bertz CT molecular complexity index is 537. The van der Waals surface area contributed by atoms with Gasteiger partial charge in [0.2, 0.25) is 0 Å². The van der Waals surface area contributed by atoms with Gasteiger partial charge in [-0.25, -0.2) is 4.79 Å². The number of anilines is 2. The van der Waals surface area contributed by atoms with Crippen LogP contribution in [-0.2, 0) is 6.54 Å². The second kappa shape index (κ2) is 4.88. The van der Waals surface area contributed by atoms with E-state index in [2.05, 4.69) is 5.32 Å². The van der Waals surface area contributed by atoms with Gasteiger partial charge in [0.15, 0.2) is 0 Å². The summed E-state index contributed by atoms with van der Waals surface area (Å²) < 4.78 is 0. The molecule has 0 aliphatic heterocycles. The van der Waals surface area contributed by atoms with Gasteiger partial charge in [-0.1, -0.05) is 12.1 Å². The molecule has 0 aliphatic rings. The zero-order chi connectivity index (χ0) is 12.3. The number of benzene rings is 1. The number of rotatable bonds is 4. The third kappa shape index (κ3) is 2.57. The van der Waals surface area contributed by atoms with Crippen molar-refractivity contribution in [2.45, 2.75) is 6.54 Å². The predicted octanol–water partition coefficient (Wildman–Crippen LogP) is 2.64. The number of para-hydroxylation sites is 1. The maximum absolute atomic E-state index is 11.0. The zero-order valence-electron chi connectivity index (χ0n) is 9.01. The number of thiophene rings is 1. The van der Waals surface area contributed by atoms with Crippen LogP contribution in [0.2, 0.25) is 0 Å². The van der Waals surface area contributed by atoms with Crippen molar-refractivity contribution in [3.05, 3.63) is 46.2 Å². The first-order valence-corrected chi connectivity index (χ1v) is 5.94. The van der Waals surface area contributed by atoms with E-state index in [4.69, 9.17) is 10.8 Å². The summed E-state index contributed by atoms with van der Waals surface area (Å²) in [5, 5.41) is 14.0. The van der Waals surface area contributed by atoms with Gasteiger partial charge >= 0.3 is 5.97 Å². The van der Waals surface area contributed by atoms with Gasteiger partial charge in [0.25, 0.3) is 0 Å². The molecule has 1 aromatic carbocycles. The average molecular weight is 248 g/mol. The summed E-state index contributed by atoms with van der Waals surface area (Å²) in [5.41, 5.74) is 7.36. The minimum atomic E-state index is -0.938. The second-order valence-electron chi connectivity index (χ2n) is 3.50. The van der Waals surface area contributed by atoms with Gasteiger partial charge in [-0.15, -0.1) is 11.3 Å². The Balaban J connectivity index is 2.14. The number of hydrogen-bond donors (Lipinski definition) is 3. The smallest absolute Gasteiger partial charge is 0.337 e. The lowest BCUT2D eigenvalue weighted by Gasteiger charge is -2.08. The highest BCUT2D eigenvalue weighted by molar-refractivity contribution is 7.10. The summed E-state index contributed by atoms with van der Waals surface area (Å²) in [4.78, 5) is 12.0. The van der Waals surface area contributed by atoms with E-state index in [1.807, 2.05) is 11.4 Å². The molecule has 2 aromatic rings. The second-order valence-corrected chi connectivity index (χ2v) is 4.50. The molecule has 4 N–H and O–H groups in total. The van der Waals surface area contributed by atoms with Gasteiger partial charge in [-0.05, 0) is 23.6 Å². The number of carboxylic acids is 1. The van der Waals surface area contributed by atoms with E-state index in [0.29, 0.717) is 12.2 Å². The van der Waals surface area contributed by atoms with Crippen molar-refractivity contribution in [1.29, 1.82) is 0 Å². The summed E-state index contributed by atoms with van der Waals surface area (Å²) in [7, 11) is 0. The quantitative estimate of drug-likeness (QED) is 0.777. The van der Waals surface area contributed by atoms with Gasteiger partial charge in [0, 0.05) is 16.3 Å². The first-order valence-electron chi connectivity index (χ1n) is 5.06. The molecule has 0 fully saturated rings. The number of carboxylic acid groups (broad SMARTS) is 1. The topological polar surface area (TPSA) is 75.3 Å². The Hall–Kier alpha value is -2.01. The third-order valence-corrected chi connectivity index (χ3v) is 3.31. The largest absolute Gasteiger partial charge is 0.478 e. The van der Waals surface area contributed by atoms with E-state index in [-0.39, 0.29) is 5.56 Å². The molecule has 0 atom stereocenters. The number of nitrogen functional groups attached to an aromatic ring is 1. The molecular weight excluding hydrogens is 236 g/mol. The molecule has 4 nitrogen and oxygen atoms in total. The lowest BCUT2D eigenvalue weighted by atomic mass is 10.2. The monoisotopic (exact) mass is 248 g/mol. The van der Waals surface area contributed by atoms with Crippen LogP contribution in [0.3, 0.4) is 0 Å². The lowest BCUT2D eigenvalue weighted by Crippen LogP contribution is -2.06. The molecule has 88 valence electrons. The highest BCUT2D eigenvalue weighted by Gasteiger charge is 2.09. The molecule has 0 spiro atoms. The molecule has 0 bridgehead atoms. The molecule has 1 heterocycles. The summed E-state index contributed by atoms with van der Waals surface area (Å²) in [6.07, 6.45) is 0. The molecule has 2 rings (SSSR count). The van der Waals surface area contributed by atoms with Gasteiger partial charge in [0.1, 0.15) is 0 Å². The summed E-state index contributed by atoms with van der Waals surface area (Å²) in [6, 6.07) is 8.65. The van der Waals surface area contributed by atoms with Crippen molar-refractivity contribution >= 4 is 28.7 Å². The first-order chi connectivity index (χ1) is 8.18. The Morgan fingerprint density at radius 3 is 2.76 bits per heavy atom. The zero-order valence-corrected chi connectivity index (χ0v) is 9.83. The van der Waals surface area contributed by atoms with Gasteiger partial charge in [0.05, 0.1) is 12.1 Å². The van der Waals surface area contributed by atoms with Gasteiger partial charge in [-0.2, -0.15) is 0 Å². The molecule has 0 saturated heterocycles. The van der Waals surface area contributed by atoms with E-state index in [1.54, 1.807) is 35.6 Å². The first kappa shape index (κ1) is 11.5. The molecule has 0 radical (unpaired) electrons. The fraction of sp³-hybridized carbons (Fsp3) is 0.0833. The number of nitrogens with one attached hydrogen (secondary N) is 1. The average Bonchev–Trinajstić information content (AvgIpc) is 2.72. The molecule has 5 heteroatoms. The number of hydrogen-bond acceptors (Lipinski definition) is 4. The fourth-order valence-electron chi connectivity index (χ4n) is 1.49. The van der Waals surface area contributed by atoms with E-state index < -0.39 is 5.97 Å². The van der Waals surface area contributed by atoms with E-state index >= 15 is 0 Å². The van der Waals surface area contributed by atoms with E-state index in [0.717, 1.165) is 10.6 Å². The van der Waals surface area contributed by atoms with Crippen LogP contribution in [-0.4, -0.2) is 11.1 Å². The Labute approximate surface area is 103 Å². The number of aromatic carboxylic acids is 1. The van der Waals surface area contributed by atoms with Crippen LogP contribution in [0.15, 0.2) is 35.7 Å². The normalized spacial score (nSPS) is 10.1. The van der Waals surface area contributed by atoms with Crippen LogP contribution in [0.5, 0.6) is 0 Å². The minimum Gasteiger partial charge on any atom is -0.478 e. The summed E-state index contributed by atoms with van der Waals surface area (Å²) >= 11 is 1.55. The minimum absolute atomic E-state index is 0.266. The highest BCUT2D eigenvalue weighted by Crippen LogP contribution is 2.21. The van der Waals surface area contributed by atoms with Crippen LogP contribution < -0.4 is 11.1 Å². The maximum atomic E-state index is 11.0. The van der Waals surface area contributed by atoms with E-state index in [1.165, 1.54) is 0 Å². The molecular formula is C12H12N2O2S. The van der Waals surface area contributed by atoms with Crippen molar-refractivity contribution in [3.8, 4) is 0 Å². The van der Waals surface area contributed by atoms with Crippen LogP contribution in [0.4, 0.5) is 11.4 Å². The van der Waals surface area contributed by atoms with Crippen LogP contribution in [0, 0.1) is 0 Å². The molecule has 1 aromatic heterocycles. The van der Waals surface area contributed by atoms with Crippen LogP contribution >= 0.6 is 11.3 Å². The maximum Gasteiger partial charge on any atom is 0.337 e. The Kier molecular flexibility index (Phi) is 3.30. The van der Waals surface area contributed by atoms with Crippen molar-refractivity contribution in [3.63, 3.8) is 0 Å². The third-order valence-electron chi connectivity index (χ3n) is 2.38. The lowest BCUT2D eigenvalue weighted by molar-refractivity contribution is 0.0698. The molecule has 0 aliphatic carbocycles. The Morgan fingerprint density at radius 1 is 1.35 bits per heavy atom. The molecule has 0 amide bonds. The van der Waals surface area contributed by atoms with Crippen LogP contribution in [0.1, 0.15) is 15.2 Å². The van der Waals surface area contributed by atoms with Gasteiger partial charge < -0.3 is 16.2 Å². The molecule has 0 saturated carbocycles. The highest BCUT2D eigenvalue weighted by atomic mass is 32.1. The van der Waals surface area contributed by atoms with Crippen molar-refractivity contribution in [2.75, 3.05) is 11.1 Å². The number of carbonyl (C=O) groups is 1. The van der Waals surface area contributed by atoms with Gasteiger partial charge in [-0.3, -0.25) is 0 Å². The van der Waals surface area contributed by atoms with Crippen molar-refractivity contribution in [2.24, 2.45) is 0 Å². The predicted molar refractivity (Wildman–Crippen MR) is 69.5 cm³/mol. The van der Waals surface area contributed by atoms with Crippen LogP contribution in [0.25, 0.3) is 0 Å².